The van der Waals surface area contributed by atoms with E-state index in [2.05, 4.69) is 5.32 Å². The number of rotatable bonds is 4. The fourth-order valence-corrected chi connectivity index (χ4v) is 2.06. The molecular formula is C13H12ClN3O4. The molecule has 0 unspecified atom stereocenters. The summed E-state index contributed by atoms with van der Waals surface area (Å²) in [6, 6.07) is 5.32. The van der Waals surface area contributed by atoms with Crippen LogP contribution in [0.15, 0.2) is 30.5 Å². The predicted octanol–water partition coefficient (Wildman–Crippen LogP) is 3.03. The molecule has 8 heteroatoms. The van der Waals surface area contributed by atoms with Crippen molar-refractivity contribution in [3.63, 3.8) is 0 Å². The Morgan fingerprint density at radius 1 is 1.48 bits per heavy atom. The minimum atomic E-state index is -0.559. The van der Waals surface area contributed by atoms with Gasteiger partial charge in [0.25, 0.3) is 11.6 Å². The van der Waals surface area contributed by atoms with E-state index in [4.69, 9.17) is 11.6 Å². The highest BCUT2D eigenvalue weighted by atomic mass is 35.5. The molecule has 1 heterocycles. The SMILES string of the molecule is CCn1cc([N+](=O)[O-])cc1C(=O)Nc1ccc(O)cc1Cl. The number of amides is 1. The lowest BCUT2D eigenvalue weighted by atomic mass is 10.3. The second-order valence-corrected chi connectivity index (χ2v) is 4.65. The fraction of sp³-hybridized carbons (Fsp3) is 0.154. The summed E-state index contributed by atoms with van der Waals surface area (Å²) in [5.41, 5.74) is 0.318. The molecule has 2 aromatic rings. The quantitative estimate of drug-likeness (QED) is 0.515. The predicted molar refractivity (Wildman–Crippen MR) is 77.8 cm³/mol. The van der Waals surface area contributed by atoms with Crippen molar-refractivity contribution in [2.45, 2.75) is 13.5 Å². The zero-order valence-corrected chi connectivity index (χ0v) is 11.8. The minimum Gasteiger partial charge on any atom is -0.508 e. The third kappa shape index (κ3) is 3.14. The molecule has 0 saturated heterocycles. The van der Waals surface area contributed by atoms with Gasteiger partial charge in [-0.2, -0.15) is 0 Å². The van der Waals surface area contributed by atoms with E-state index in [1.165, 1.54) is 35.0 Å². The maximum absolute atomic E-state index is 12.2. The molecule has 0 saturated carbocycles. The van der Waals surface area contributed by atoms with Gasteiger partial charge < -0.3 is 15.0 Å². The molecule has 0 aliphatic rings. The Hall–Kier alpha value is -2.54. The van der Waals surface area contributed by atoms with Gasteiger partial charge in [-0.3, -0.25) is 14.9 Å². The number of phenols is 1. The summed E-state index contributed by atoms with van der Waals surface area (Å²) < 4.78 is 1.47. The van der Waals surface area contributed by atoms with Crippen LogP contribution < -0.4 is 5.32 Å². The van der Waals surface area contributed by atoms with Crippen LogP contribution in [0.2, 0.25) is 5.02 Å². The maximum Gasteiger partial charge on any atom is 0.287 e. The number of aryl methyl sites for hydroxylation is 1. The Labute approximate surface area is 124 Å². The van der Waals surface area contributed by atoms with Crippen molar-refractivity contribution in [2.75, 3.05) is 5.32 Å². The van der Waals surface area contributed by atoms with Crippen molar-refractivity contribution in [3.05, 3.63) is 51.3 Å². The number of nitrogens with zero attached hydrogens (tertiary/aromatic N) is 2. The molecule has 0 aliphatic carbocycles. The highest BCUT2D eigenvalue weighted by Crippen LogP contribution is 2.27. The van der Waals surface area contributed by atoms with Crippen molar-refractivity contribution < 1.29 is 14.8 Å². The first-order valence-electron chi connectivity index (χ1n) is 6.06. The number of hydrogen-bond donors (Lipinski definition) is 2. The summed E-state index contributed by atoms with van der Waals surface area (Å²) in [6.45, 7) is 2.19. The maximum atomic E-state index is 12.2. The monoisotopic (exact) mass is 309 g/mol. The molecule has 0 fully saturated rings. The third-order valence-electron chi connectivity index (χ3n) is 2.87. The highest BCUT2D eigenvalue weighted by Gasteiger charge is 2.19. The number of carbonyl (C=O) groups is 1. The third-order valence-corrected chi connectivity index (χ3v) is 3.18. The molecule has 1 aromatic heterocycles. The van der Waals surface area contributed by atoms with Crippen molar-refractivity contribution >= 4 is 28.9 Å². The van der Waals surface area contributed by atoms with Crippen molar-refractivity contribution in [2.24, 2.45) is 0 Å². The van der Waals surface area contributed by atoms with E-state index in [0.717, 1.165) is 0 Å². The van der Waals surface area contributed by atoms with Crippen LogP contribution in [-0.4, -0.2) is 20.5 Å². The highest BCUT2D eigenvalue weighted by molar-refractivity contribution is 6.34. The van der Waals surface area contributed by atoms with Gasteiger partial charge in [-0.05, 0) is 19.1 Å². The number of carbonyl (C=O) groups excluding carboxylic acids is 1. The number of aromatic nitrogens is 1. The molecule has 0 atom stereocenters. The van der Waals surface area contributed by atoms with Gasteiger partial charge in [-0.15, -0.1) is 0 Å². The van der Waals surface area contributed by atoms with Crippen LogP contribution in [0.3, 0.4) is 0 Å². The van der Waals surface area contributed by atoms with Gasteiger partial charge in [0.05, 0.1) is 21.8 Å². The average Bonchev–Trinajstić information content (AvgIpc) is 2.86. The lowest BCUT2D eigenvalue weighted by molar-refractivity contribution is -0.384. The van der Waals surface area contributed by atoms with Crippen LogP contribution >= 0.6 is 11.6 Å². The van der Waals surface area contributed by atoms with Crippen LogP contribution in [0.25, 0.3) is 0 Å². The number of anilines is 1. The van der Waals surface area contributed by atoms with Crippen molar-refractivity contribution in [1.82, 2.24) is 4.57 Å². The van der Waals surface area contributed by atoms with E-state index < -0.39 is 10.8 Å². The summed E-state index contributed by atoms with van der Waals surface area (Å²) in [5, 5.41) is 22.8. The summed E-state index contributed by atoms with van der Waals surface area (Å²) in [6.07, 6.45) is 1.30. The Morgan fingerprint density at radius 3 is 2.76 bits per heavy atom. The van der Waals surface area contributed by atoms with Crippen LogP contribution in [0.5, 0.6) is 5.75 Å². The summed E-state index contributed by atoms with van der Waals surface area (Å²) in [4.78, 5) is 22.4. The average molecular weight is 310 g/mol. The molecule has 2 rings (SSSR count). The Kier molecular flexibility index (Phi) is 4.13. The van der Waals surface area contributed by atoms with Gasteiger partial charge in [0.15, 0.2) is 0 Å². The molecular weight excluding hydrogens is 298 g/mol. The first-order valence-corrected chi connectivity index (χ1v) is 6.44. The molecule has 0 bridgehead atoms. The van der Waals surface area contributed by atoms with E-state index in [1.807, 2.05) is 0 Å². The van der Waals surface area contributed by atoms with Gasteiger partial charge in [0.2, 0.25) is 0 Å². The smallest absolute Gasteiger partial charge is 0.287 e. The molecule has 0 spiro atoms. The number of nitro groups is 1. The van der Waals surface area contributed by atoms with Gasteiger partial charge in [-0.25, -0.2) is 0 Å². The fourth-order valence-electron chi connectivity index (χ4n) is 1.84. The van der Waals surface area contributed by atoms with Gasteiger partial charge in [0, 0.05) is 18.7 Å². The van der Waals surface area contributed by atoms with E-state index in [9.17, 15) is 20.0 Å². The second-order valence-electron chi connectivity index (χ2n) is 4.24. The lowest BCUT2D eigenvalue weighted by Crippen LogP contribution is -2.16. The number of nitrogens with one attached hydrogen (secondary N) is 1. The van der Waals surface area contributed by atoms with Gasteiger partial charge >= 0.3 is 0 Å². The molecule has 1 aromatic carbocycles. The zero-order chi connectivity index (χ0) is 15.6. The Balaban J connectivity index is 2.29. The van der Waals surface area contributed by atoms with Crippen molar-refractivity contribution in [3.8, 4) is 5.75 Å². The second kappa shape index (κ2) is 5.84. The van der Waals surface area contributed by atoms with Crippen LogP contribution in [0.4, 0.5) is 11.4 Å². The first-order chi connectivity index (χ1) is 9.92. The van der Waals surface area contributed by atoms with E-state index in [-0.39, 0.29) is 22.2 Å². The summed E-state index contributed by atoms with van der Waals surface area (Å²) >= 11 is 5.90. The molecule has 1 amide bonds. The molecule has 0 aliphatic heterocycles. The lowest BCUT2D eigenvalue weighted by Gasteiger charge is -2.09. The normalized spacial score (nSPS) is 10.4. The molecule has 2 N–H and O–H groups in total. The number of benzene rings is 1. The van der Waals surface area contributed by atoms with Crippen LogP contribution in [0, 0.1) is 10.1 Å². The minimum absolute atomic E-state index is 0.0226. The van der Waals surface area contributed by atoms with Gasteiger partial charge in [-0.1, -0.05) is 11.6 Å². The van der Waals surface area contributed by atoms with E-state index >= 15 is 0 Å². The Bertz CT molecular complexity index is 711. The van der Waals surface area contributed by atoms with E-state index in [1.54, 1.807) is 6.92 Å². The standard InChI is InChI=1S/C13H12ClN3O4/c1-2-16-7-8(17(20)21)5-12(16)13(19)15-11-4-3-9(18)6-10(11)14/h3-7,18H,2H2,1H3,(H,15,19). The topological polar surface area (TPSA) is 97.4 Å². The number of hydrogen-bond acceptors (Lipinski definition) is 4. The molecule has 110 valence electrons. The molecule has 21 heavy (non-hydrogen) atoms. The summed E-state index contributed by atoms with van der Waals surface area (Å²) in [5.74, 6) is -0.539. The Morgan fingerprint density at radius 2 is 2.19 bits per heavy atom. The van der Waals surface area contributed by atoms with Crippen LogP contribution in [0.1, 0.15) is 17.4 Å². The number of phenolic OH excluding ortho intramolecular Hbond substituents is 1. The molecule has 7 nitrogen and oxygen atoms in total. The first kappa shape index (κ1) is 14.9. The van der Waals surface area contributed by atoms with Gasteiger partial charge in [0.1, 0.15) is 11.4 Å². The van der Waals surface area contributed by atoms with Crippen molar-refractivity contribution in [1.29, 1.82) is 0 Å². The zero-order valence-electron chi connectivity index (χ0n) is 11.0. The van der Waals surface area contributed by atoms with E-state index in [0.29, 0.717) is 12.2 Å². The molecule has 0 radical (unpaired) electrons. The number of halogens is 1. The largest absolute Gasteiger partial charge is 0.508 e. The summed E-state index contributed by atoms with van der Waals surface area (Å²) in [7, 11) is 0. The van der Waals surface area contributed by atoms with Crippen LogP contribution in [-0.2, 0) is 6.54 Å². The number of aromatic hydroxyl groups is 1.